The summed E-state index contributed by atoms with van der Waals surface area (Å²) >= 11 is 0. The summed E-state index contributed by atoms with van der Waals surface area (Å²) in [5.41, 5.74) is 1.10. The first-order chi connectivity index (χ1) is 13.1. The standard InChI is InChI=1S/C19H28N6OS/c1-3-20-19(21-11-12-27(26)14-16-7-5-4-6-8-16)23-17-9-10-18-22-15(2)24-25(18)13-17/h4-8,17H,3,9-14H2,1-2H3,(H2,20,21,23). The molecule has 3 rings (SSSR count). The largest absolute Gasteiger partial charge is 0.357 e. The number of guanidine groups is 1. The van der Waals surface area contributed by atoms with Crippen LogP contribution in [0.5, 0.6) is 0 Å². The SMILES string of the molecule is CCNC(=NCCS(=O)Cc1ccccc1)NC1CCc2nc(C)nn2C1. The summed E-state index contributed by atoms with van der Waals surface area (Å²) in [6.07, 6.45) is 1.92. The molecule has 2 aromatic rings. The third-order valence-electron chi connectivity index (χ3n) is 4.41. The predicted octanol–water partition coefficient (Wildman–Crippen LogP) is 1.41. The van der Waals surface area contributed by atoms with Crippen molar-refractivity contribution in [2.45, 2.75) is 45.0 Å². The van der Waals surface area contributed by atoms with Crippen LogP contribution in [-0.4, -0.2) is 49.8 Å². The molecule has 1 aliphatic heterocycles. The number of aryl methyl sites for hydroxylation is 2. The van der Waals surface area contributed by atoms with Gasteiger partial charge < -0.3 is 10.6 Å². The van der Waals surface area contributed by atoms with Crippen molar-refractivity contribution in [1.82, 2.24) is 25.4 Å². The quantitative estimate of drug-likeness (QED) is 0.553. The van der Waals surface area contributed by atoms with Crippen LogP contribution in [0, 0.1) is 6.92 Å². The highest BCUT2D eigenvalue weighted by molar-refractivity contribution is 7.84. The van der Waals surface area contributed by atoms with E-state index in [1.165, 1.54) is 0 Å². The number of rotatable bonds is 7. The molecule has 0 saturated heterocycles. The van der Waals surface area contributed by atoms with Gasteiger partial charge in [0, 0.05) is 41.3 Å². The number of nitrogens with zero attached hydrogens (tertiary/aromatic N) is 4. The van der Waals surface area contributed by atoms with Gasteiger partial charge in [0.2, 0.25) is 0 Å². The average molecular weight is 389 g/mol. The first-order valence-corrected chi connectivity index (χ1v) is 11.0. The molecule has 0 spiro atoms. The molecule has 0 radical (unpaired) electrons. The van der Waals surface area contributed by atoms with Crippen LogP contribution in [0.4, 0.5) is 0 Å². The number of nitrogens with one attached hydrogen (secondary N) is 2. The summed E-state index contributed by atoms with van der Waals surface area (Å²) < 4.78 is 14.2. The molecule has 2 N–H and O–H groups in total. The highest BCUT2D eigenvalue weighted by Crippen LogP contribution is 2.12. The van der Waals surface area contributed by atoms with Crippen LogP contribution in [0.1, 0.15) is 30.6 Å². The zero-order chi connectivity index (χ0) is 19.1. The van der Waals surface area contributed by atoms with E-state index >= 15 is 0 Å². The monoisotopic (exact) mass is 388 g/mol. The molecule has 0 saturated carbocycles. The Hall–Kier alpha value is -2.22. The summed E-state index contributed by atoms with van der Waals surface area (Å²) in [6.45, 7) is 6.09. The van der Waals surface area contributed by atoms with E-state index in [-0.39, 0.29) is 6.04 Å². The summed E-state index contributed by atoms with van der Waals surface area (Å²) in [6, 6.07) is 10.2. The fraction of sp³-hybridized carbons (Fsp3) is 0.526. The van der Waals surface area contributed by atoms with Crippen LogP contribution in [0.2, 0.25) is 0 Å². The highest BCUT2D eigenvalue weighted by Gasteiger charge is 2.21. The van der Waals surface area contributed by atoms with E-state index < -0.39 is 10.8 Å². The smallest absolute Gasteiger partial charge is 0.191 e. The van der Waals surface area contributed by atoms with Crippen LogP contribution in [-0.2, 0) is 29.5 Å². The Bertz CT molecular complexity index is 789. The van der Waals surface area contributed by atoms with Crippen molar-refractivity contribution < 1.29 is 4.21 Å². The van der Waals surface area contributed by atoms with Crippen molar-refractivity contribution in [3.05, 3.63) is 47.5 Å². The zero-order valence-corrected chi connectivity index (χ0v) is 16.8. The van der Waals surface area contributed by atoms with Crippen LogP contribution in [0.25, 0.3) is 0 Å². The van der Waals surface area contributed by atoms with Gasteiger partial charge in [0.1, 0.15) is 11.6 Å². The van der Waals surface area contributed by atoms with Gasteiger partial charge in [0.15, 0.2) is 5.96 Å². The summed E-state index contributed by atoms with van der Waals surface area (Å²) in [5, 5.41) is 11.2. The van der Waals surface area contributed by atoms with Crippen molar-refractivity contribution in [3.8, 4) is 0 Å². The van der Waals surface area contributed by atoms with E-state index in [1.807, 2.05) is 48.9 Å². The second-order valence-electron chi connectivity index (χ2n) is 6.67. The molecule has 7 nitrogen and oxygen atoms in total. The summed E-state index contributed by atoms with van der Waals surface area (Å²) in [5.74, 6) is 3.80. The maximum atomic E-state index is 12.3. The highest BCUT2D eigenvalue weighted by atomic mass is 32.2. The van der Waals surface area contributed by atoms with E-state index in [1.54, 1.807) is 0 Å². The van der Waals surface area contributed by atoms with Crippen molar-refractivity contribution in [2.75, 3.05) is 18.8 Å². The Morgan fingerprint density at radius 1 is 1.37 bits per heavy atom. The van der Waals surface area contributed by atoms with Crippen molar-refractivity contribution >= 4 is 16.8 Å². The Kier molecular flexibility index (Phi) is 6.98. The number of aliphatic imine (C=N–C) groups is 1. The molecule has 0 fully saturated rings. The van der Waals surface area contributed by atoms with Gasteiger partial charge in [-0.1, -0.05) is 30.3 Å². The van der Waals surface area contributed by atoms with Crippen LogP contribution in [0.15, 0.2) is 35.3 Å². The van der Waals surface area contributed by atoms with Gasteiger partial charge in [-0.2, -0.15) is 5.10 Å². The molecule has 1 aromatic carbocycles. The topological polar surface area (TPSA) is 84.2 Å². The molecule has 2 heterocycles. The molecule has 2 unspecified atom stereocenters. The van der Waals surface area contributed by atoms with Gasteiger partial charge in [0.05, 0.1) is 13.1 Å². The average Bonchev–Trinajstić information content (AvgIpc) is 3.02. The third-order valence-corrected chi connectivity index (χ3v) is 5.70. The molecule has 2 atom stereocenters. The zero-order valence-electron chi connectivity index (χ0n) is 16.0. The lowest BCUT2D eigenvalue weighted by Crippen LogP contribution is -2.47. The minimum atomic E-state index is -0.910. The molecule has 1 aliphatic rings. The van der Waals surface area contributed by atoms with Crippen molar-refractivity contribution in [1.29, 1.82) is 0 Å². The van der Waals surface area contributed by atoms with Crippen LogP contribution < -0.4 is 10.6 Å². The minimum Gasteiger partial charge on any atom is -0.357 e. The van der Waals surface area contributed by atoms with Gasteiger partial charge in [-0.3, -0.25) is 9.20 Å². The van der Waals surface area contributed by atoms with Crippen LogP contribution in [0.3, 0.4) is 0 Å². The molecule has 1 aromatic heterocycles. The van der Waals surface area contributed by atoms with E-state index in [0.717, 1.165) is 49.1 Å². The Morgan fingerprint density at radius 2 is 2.19 bits per heavy atom. The number of aromatic nitrogens is 3. The van der Waals surface area contributed by atoms with E-state index in [4.69, 9.17) is 0 Å². The van der Waals surface area contributed by atoms with E-state index in [9.17, 15) is 4.21 Å². The molecule has 0 aliphatic carbocycles. The predicted molar refractivity (Wildman–Crippen MR) is 109 cm³/mol. The molecule has 8 heteroatoms. The van der Waals surface area contributed by atoms with Gasteiger partial charge in [-0.05, 0) is 25.8 Å². The molecular weight excluding hydrogens is 360 g/mol. The van der Waals surface area contributed by atoms with Crippen molar-refractivity contribution in [3.63, 3.8) is 0 Å². The van der Waals surface area contributed by atoms with Crippen molar-refractivity contribution in [2.24, 2.45) is 4.99 Å². The first kappa shape index (κ1) is 19.5. The normalized spacial score (nSPS) is 18.0. The molecule has 27 heavy (non-hydrogen) atoms. The fourth-order valence-corrected chi connectivity index (χ4v) is 4.16. The Labute approximate surface area is 163 Å². The van der Waals surface area contributed by atoms with Gasteiger partial charge in [-0.15, -0.1) is 0 Å². The van der Waals surface area contributed by atoms with E-state index in [2.05, 4.69) is 25.7 Å². The maximum Gasteiger partial charge on any atom is 0.191 e. The molecule has 0 amide bonds. The fourth-order valence-electron chi connectivity index (χ4n) is 3.16. The van der Waals surface area contributed by atoms with E-state index in [0.29, 0.717) is 18.1 Å². The van der Waals surface area contributed by atoms with Crippen LogP contribution >= 0.6 is 0 Å². The Morgan fingerprint density at radius 3 is 2.96 bits per heavy atom. The lowest BCUT2D eigenvalue weighted by Gasteiger charge is -2.25. The second kappa shape index (κ2) is 9.64. The van der Waals surface area contributed by atoms with Gasteiger partial charge in [0.25, 0.3) is 0 Å². The number of hydrogen-bond donors (Lipinski definition) is 2. The lowest BCUT2D eigenvalue weighted by molar-refractivity contribution is 0.392. The third kappa shape index (κ3) is 5.89. The summed E-state index contributed by atoms with van der Waals surface area (Å²) in [4.78, 5) is 9.06. The number of hydrogen-bond acceptors (Lipinski definition) is 4. The minimum absolute atomic E-state index is 0.270. The molecular formula is C19H28N6OS. The first-order valence-electron chi connectivity index (χ1n) is 9.48. The number of benzene rings is 1. The molecule has 146 valence electrons. The summed E-state index contributed by atoms with van der Waals surface area (Å²) in [7, 11) is -0.910. The lowest BCUT2D eigenvalue weighted by atomic mass is 10.1. The second-order valence-corrected chi connectivity index (χ2v) is 8.25. The Balaban J connectivity index is 1.50. The number of fused-ring (bicyclic) bond motifs is 1. The maximum absolute atomic E-state index is 12.3. The van der Waals surface area contributed by atoms with Gasteiger partial charge >= 0.3 is 0 Å². The van der Waals surface area contributed by atoms with Gasteiger partial charge in [-0.25, -0.2) is 9.67 Å². The molecule has 0 bridgehead atoms.